The summed E-state index contributed by atoms with van der Waals surface area (Å²) in [6.07, 6.45) is 3.88. The van der Waals surface area contributed by atoms with Crippen LogP contribution in [0.1, 0.15) is 31.2 Å². The number of carbonyl (C=O) groups excluding carboxylic acids is 1. The van der Waals surface area contributed by atoms with Crippen LogP contribution < -0.4 is 9.47 Å². The van der Waals surface area contributed by atoms with Crippen molar-refractivity contribution in [2.75, 3.05) is 39.9 Å². The molecule has 7 nitrogen and oxygen atoms in total. The third kappa shape index (κ3) is 5.13. The number of ether oxygens (including phenoxy) is 2. The van der Waals surface area contributed by atoms with E-state index < -0.39 is 11.9 Å². The number of likely N-dealkylation sites (tertiary alicyclic amines) is 2. The number of aliphatic carboxylic acids is 1. The molecule has 1 amide bonds. The van der Waals surface area contributed by atoms with Crippen molar-refractivity contribution in [3.8, 4) is 11.5 Å². The highest BCUT2D eigenvalue weighted by molar-refractivity contribution is 5.86. The molecule has 1 unspecified atom stereocenters. The van der Waals surface area contributed by atoms with Crippen LogP contribution in [0.5, 0.6) is 11.5 Å². The quantitative estimate of drug-likeness (QED) is 0.748. The lowest BCUT2D eigenvalue weighted by Gasteiger charge is -2.26. The third-order valence-corrected chi connectivity index (χ3v) is 5.28. The number of rotatable bonds is 8. The van der Waals surface area contributed by atoms with Gasteiger partial charge in [-0.15, -0.1) is 0 Å². The van der Waals surface area contributed by atoms with E-state index in [2.05, 4.69) is 4.90 Å². The monoisotopic (exact) mass is 376 g/mol. The van der Waals surface area contributed by atoms with Crippen LogP contribution in [0, 0.1) is 5.92 Å². The second-order valence-electron chi connectivity index (χ2n) is 7.25. The summed E-state index contributed by atoms with van der Waals surface area (Å²) in [5.41, 5.74) is 0.906. The Balaban J connectivity index is 1.59. The predicted octanol–water partition coefficient (Wildman–Crippen LogP) is 1.99. The molecule has 1 aromatic rings. The Morgan fingerprint density at radius 2 is 2.00 bits per heavy atom. The van der Waals surface area contributed by atoms with E-state index in [4.69, 9.17) is 14.6 Å². The summed E-state index contributed by atoms with van der Waals surface area (Å²) in [4.78, 5) is 27.2. The summed E-state index contributed by atoms with van der Waals surface area (Å²) in [7, 11) is 1.61. The number of piperidine rings is 1. The number of hydrogen-bond acceptors (Lipinski definition) is 5. The smallest absolute Gasteiger partial charge is 0.308 e. The van der Waals surface area contributed by atoms with Gasteiger partial charge in [0, 0.05) is 26.1 Å². The molecule has 0 aromatic heterocycles. The Kier molecular flexibility index (Phi) is 6.55. The Hall–Kier alpha value is -2.28. The summed E-state index contributed by atoms with van der Waals surface area (Å²) < 4.78 is 11.3. The van der Waals surface area contributed by atoms with Crippen LogP contribution in [0.25, 0.3) is 0 Å². The average Bonchev–Trinajstić information content (AvgIpc) is 3.04. The lowest BCUT2D eigenvalue weighted by molar-refractivity contribution is -0.141. The van der Waals surface area contributed by atoms with E-state index in [9.17, 15) is 9.59 Å². The summed E-state index contributed by atoms with van der Waals surface area (Å²) >= 11 is 0. The summed E-state index contributed by atoms with van der Waals surface area (Å²) in [6.45, 7) is 4.37. The van der Waals surface area contributed by atoms with Gasteiger partial charge in [-0.05, 0) is 43.6 Å². The van der Waals surface area contributed by atoms with Gasteiger partial charge in [0.1, 0.15) is 6.61 Å². The standard InChI is InChI=1S/C20H28N2O5/c1-26-17-6-5-15(13-22-14-16(20(24)25)12-19(22)23)11-18(17)27-10-9-21-7-3-2-4-8-21/h5-6,11,16H,2-4,7-10,12-14H2,1H3,(H,24,25). The van der Waals surface area contributed by atoms with E-state index in [0.29, 0.717) is 24.7 Å². The molecule has 0 aliphatic carbocycles. The molecule has 1 atom stereocenters. The molecule has 1 N–H and O–H groups in total. The third-order valence-electron chi connectivity index (χ3n) is 5.28. The number of carboxylic acid groups (broad SMARTS) is 1. The molecular formula is C20H28N2O5. The molecule has 148 valence electrons. The fourth-order valence-electron chi connectivity index (χ4n) is 3.71. The van der Waals surface area contributed by atoms with E-state index in [1.54, 1.807) is 12.0 Å². The van der Waals surface area contributed by atoms with E-state index in [0.717, 1.165) is 25.2 Å². The van der Waals surface area contributed by atoms with Gasteiger partial charge in [0.25, 0.3) is 0 Å². The highest BCUT2D eigenvalue weighted by Gasteiger charge is 2.34. The zero-order valence-corrected chi connectivity index (χ0v) is 15.9. The van der Waals surface area contributed by atoms with Gasteiger partial charge in [0.15, 0.2) is 11.5 Å². The molecule has 0 radical (unpaired) electrons. The number of benzene rings is 1. The van der Waals surface area contributed by atoms with Crippen molar-refractivity contribution < 1.29 is 24.2 Å². The van der Waals surface area contributed by atoms with Crippen LogP contribution in [-0.4, -0.2) is 66.7 Å². The normalized spacial score (nSPS) is 20.7. The number of amides is 1. The van der Waals surface area contributed by atoms with Crippen molar-refractivity contribution in [3.63, 3.8) is 0 Å². The minimum absolute atomic E-state index is 0.0741. The predicted molar refractivity (Wildman–Crippen MR) is 99.9 cm³/mol. The fourth-order valence-corrected chi connectivity index (χ4v) is 3.71. The van der Waals surface area contributed by atoms with Crippen LogP contribution in [0.4, 0.5) is 0 Å². The second kappa shape index (κ2) is 9.08. The average molecular weight is 376 g/mol. The molecular weight excluding hydrogens is 348 g/mol. The maximum absolute atomic E-state index is 12.0. The minimum Gasteiger partial charge on any atom is -0.493 e. The largest absolute Gasteiger partial charge is 0.493 e. The van der Waals surface area contributed by atoms with Crippen molar-refractivity contribution in [1.82, 2.24) is 9.80 Å². The van der Waals surface area contributed by atoms with Crippen LogP contribution in [0.2, 0.25) is 0 Å². The lowest BCUT2D eigenvalue weighted by atomic mass is 10.1. The molecule has 0 bridgehead atoms. The number of methoxy groups -OCH3 is 1. The van der Waals surface area contributed by atoms with Crippen LogP contribution in [-0.2, 0) is 16.1 Å². The van der Waals surface area contributed by atoms with Crippen molar-refractivity contribution >= 4 is 11.9 Å². The summed E-state index contributed by atoms with van der Waals surface area (Å²) in [5, 5.41) is 9.11. The first-order valence-corrected chi connectivity index (χ1v) is 9.59. The first-order valence-electron chi connectivity index (χ1n) is 9.59. The topological polar surface area (TPSA) is 79.3 Å². The van der Waals surface area contributed by atoms with E-state index >= 15 is 0 Å². The Labute approximate surface area is 159 Å². The molecule has 2 aliphatic heterocycles. The van der Waals surface area contributed by atoms with Gasteiger partial charge in [0.2, 0.25) is 5.91 Å². The van der Waals surface area contributed by atoms with Gasteiger partial charge in [-0.3, -0.25) is 14.5 Å². The molecule has 7 heteroatoms. The molecule has 2 aliphatic rings. The maximum atomic E-state index is 12.0. The molecule has 0 spiro atoms. The van der Waals surface area contributed by atoms with Gasteiger partial charge in [0.05, 0.1) is 13.0 Å². The molecule has 2 saturated heterocycles. The second-order valence-corrected chi connectivity index (χ2v) is 7.25. The van der Waals surface area contributed by atoms with E-state index in [-0.39, 0.29) is 18.9 Å². The molecule has 3 rings (SSSR count). The zero-order chi connectivity index (χ0) is 19.2. The Morgan fingerprint density at radius 3 is 2.67 bits per heavy atom. The molecule has 2 fully saturated rings. The van der Waals surface area contributed by atoms with Gasteiger partial charge < -0.3 is 19.5 Å². The first kappa shape index (κ1) is 19.5. The summed E-state index contributed by atoms with van der Waals surface area (Å²) in [6, 6.07) is 5.61. The number of hydrogen-bond donors (Lipinski definition) is 1. The van der Waals surface area contributed by atoms with Crippen molar-refractivity contribution in [3.05, 3.63) is 23.8 Å². The minimum atomic E-state index is -0.915. The van der Waals surface area contributed by atoms with Gasteiger partial charge in [-0.1, -0.05) is 12.5 Å². The molecule has 2 heterocycles. The van der Waals surface area contributed by atoms with Crippen molar-refractivity contribution in [2.45, 2.75) is 32.2 Å². The fraction of sp³-hybridized carbons (Fsp3) is 0.600. The number of carbonyl (C=O) groups is 2. The van der Waals surface area contributed by atoms with Crippen molar-refractivity contribution in [2.24, 2.45) is 5.92 Å². The lowest BCUT2D eigenvalue weighted by Crippen LogP contribution is -2.33. The highest BCUT2D eigenvalue weighted by atomic mass is 16.5. The Bertz CT molecular complexity index is 672. The van der Waals surface area contributed by atoms with E-state index in [1.807, 2.05) is 18.2 Å². The molecule has 27 heavy (non-hydrogen) atoms. The van der Waals surface area contributed by atoms with Crippen LogP contribution in [0.15, 0.2) is 18.2 Å². The van der Waals surface area contributed by atoms with Crippen LogP contribution in [0.3, 0.4) is 0 Å². The van der Waals surface area contributed by atoms with Crippen molar-refractivity contribution in [1.29, 1.82) is 0 Å². The highest BCUT2D eigenvalue weighted by Crippen LogP contribution is 2.30. The Morgan fingerprint density at radius 1 is 1.22 bits per heavy atom. The maximum Gasteiger partial charge on any atom is 0.308 e. The van der Waals surface area contributed by atoms with Gasteiger partial charge >= 0.3 is 5.97 Å². The van der Waals surface area contributed by atoms with Gasteiger partial charge in [-0.25, -0.2) is 0 Å². The summed E-state index contributed by atoms with van der Waals surface area (Å²) in [5.74, 6) is -0.328. The zero-order valence-electron chi connectivity index (χ0n) is 15.9. The molecule has 1 aromatic carbocycles. The first-order chi connectivity index (χ1) is 13.1. The van der Waals surface area contributed by atoms with Gasteiger partial charge in [-0.2, -0.15) is 0 Å². The van der Waals surface area contributed by atoms with Crippen LogP contribution >= 0.6 is 0 Å². The molecule has 0 saturated carbocycles. The number of carboxylic acids is 1. The van der Waals surface area contributed by atoms with E-state index in [1.165, 1.54) is 19.3 Å². The number of nitrogens with zero attached hydrogens (tertiary/aromatic N) is 2. The SMILES string of the molecule is COc1ccc(CN2CC(C(=O)O)CC2=O)cc1OCCN1CCCCC1.